The van der Waals surface area contributed by atoms with Gasteiger partial charge in [0, 0.05) is 28.7 Å². The molecule has 3 aromatic rings. The third-order valence-electron chi connectivity index (χ3n) is 4.86. The van der Waals surface area contributed by atoms with Crippen molar-refractivity contribution in [2.45, 2.75) is 19.9 Å². The second-order valence-electron chi connectivity index (χ2n) is 6.79. The number of nitrogens with zero attached hydrogens (tertiary/aromatic N) is 2. The first kappa shape index (κ1) is 19.0. The number of pyridine rings is 1. The van der Waals surface area contributed by atoms with E-state index in [2.05, 4.69) is 4.98 Å². The van der Waals surface area contributed by atoms with Crippen LogP contribution in [-0.4, -0.2) is 21.8 Å². The first-order valence-corrected chi connectivity index (χ1v) is 9.30. The molecule has 3 heterocycles. The van der Waals surface area contributed by atoms with Gasteiger partial charge in [-0.15, -0.1) is 0 Å². The van der Waals surface area contributed by atoms with E-state index in [-0.39, 0.29) is 11.3 Å². The van der Waals surface area contributed by atoms with E-state index in [0.29, 0.717) is 27.8 Å². The van der Waals surface area contributed by atoms with Gasteiger partial charge >= 0.3 is 0 Å². The largest absolute Gasteiger partial charge is 0.507 e. The molecule has 7 heteroatoms. The number of furan rings is 1. The van der Waals surface area contributed by atoms with Gasteiger partial charge in [-0.2, -0.15) is 0 Å². The van der Waals surface area contributed by atoms with E-state index >= 15 is 0 Å². The number of aryl methyl sites for hydroxylation is 2. The van der Waals surface area contributed by atoms with E-state index in [1.165, 1.54) is 17.3 Å². The molecule has 6 nitrogen and oxygen atoms in total. The zero-order valence-electron chi connectivity index (χ0n) is 15.7. The highest BCUT2D eigenvalue weighted by Gasteiger charge is 2.48. The molecule has 1 fully saturated rings. The minimum Gasteiger partial charge on any atom is -0.507 e. The van der Waals surface area contributed by atoms with Gasteiger partial charge in [-0.1, -0.05) is 17.7 Å². The van der Waals surface area contributed by atoms with Crippen LogP contribution in [-0.2, 0) is 9.59 Å². The number of Topliss-reactive ketones (excluding diaryl/α,β-unsaturated/α-hetero) is 1. The molecule has 2 aromatic heterocycles. The summed E-state index contributed by atoms with van der Waals surface area (Å²) >= 11 is 6.25. The molecule has 1 N–H and O–H groups in total. The number of benzene rings is 1. The van der Waals surface area contributed by atoms with Crippen LogP contribution in [0.2, 0.25) is 5.02 Å². The van der Waals surface area contributed by atoms with Gasteiger partial charge in [0.15, 0.2) is 0 Å². The van der Waals surface area contributed by atoms with E-state index in [1.807, 2.05) is 6.92 Å². The molecule has 0 bridgehead atoms. The number of amides is 1. The maximum absolute atomic E-state index is 13.0. The van der Waals surface area contributed by atoms with E-state index in [9.17, 15) is 14.7 Å². The lowest BCUT2D eigenvalue weighted by Gasteiger charge is -2.24. The van der Waals surface area contributed by atoms with Gasteiger partial charge in [0.05, 0.1) is 5.57 Å². The Kier molecular flexibility index (Phi) is 4.72. The van der Waals surface area contributed by atoms with Crippen molar-refractivity contribution in [1.29, 1.82) is 0 Å². The molecule has 1 atom stereocenters. The summed E-state index contributed by atoms with van der Waals surface area (Å²) in [6.45, 7) is 3.61. The van der Waals surface area contributed by atoms with Gasteiger partial charge in [0.1, 0.15) is 23.3 Å². The third kappa shape index (κ3) is 3.21. The molecule has 0 aliphatic carbocycles. The zero-order valence-corrected chi connectivity index (χ0v) is 16.5. The molecule has 0 saturated carbocycles. The van der Waals surface area contributed by atoms with Crippen LogP contribution in [0, 0.1) is 13.8 Å². The number of aromatic nitrogens is 1. The van der Waals surface area contributed by atoms with Gasteiger partial charge in [-0.25, -0.2) is 0 Å². The molecule has 1 amide bonds. The minimum atomic E-state index is -0.921. The van der Waals surface area contributed by atoms with Crippen molar-refractivity contribution in [1.82, 2.24) is 4.98 Å². The quantitative estimate of drug-likeness (QED) is 0.390. The number of halogens is 1. The third-order valence-corrected chi connectivity index (χ3v) is 5.27. The van der Waals surface area contributed by atoms with Gasteiger partial charge in [0.25, 0.3) is 11.7 Å². The van der Waals surface area contributed by atoms with Crippen LogP contribution in [0.5, 0.6) is 0 Å². The molecule has 1 aliphatic heterocycles. The van der Waals surface area contributed by atoms with Crippen LogP contribution in [0.1, 0.15) is 28.7 Å². The number of ketones is 1. The maximum atomic E-state index is 13.0. The molecule has 0 radical (unpaired) electrons. The normalized spacial score (nSPS) is 18.4. The van der Waals surface area contributed by atoms with Crippen LogP contribution in [0.25, 0.3) is 5.76 Å². The molecule has 1 saturated heterocycles. The van der Waals surface area contributed by atoms with Gasteiger partial charge in [0.2, 0.25) is 0 Å². The zero-order chi connectivity index (χ0) is 20.7. The maximum Gasteiger partial charge on any atom is 0.300 e. The van der Waals surface area contributed by atoms with Crippen LogP contribution in [0.15, 0.2) is 64.8 Å². The fourth-order valence-corrected chi connectivity index (χ4v) is 3.54. The number of hydrogen-bond donors (Lipinski definition) is 1. The Morgan fingerprint density at radius 2 is 1.83 bits per heavy atom. The van der Waals surface area contributed by atoms with Gasteiger partial charge in [-0.05, 0) is 55.8 Å². The molecule has 1 unspecified atom stereocenters. The Morgan fingerprint density at radius 1 is 1.10 bits per heavy atom. The highest BCUT2D eigenvalue weighted by Crippen LogP contribution is 2.43. The lowest BCUT2D eigenvalue weighted by Crippen LogP contribution is -2.29. The molecular formula is C22H17ClN2O4. The molecule has 1 aliphatic rings. The number of aliphatic hydroxyl groups excluding tert-OH is 1. The summed E-state index contributed by atoms with van der Waals surface area (Å²) in [7, 11) is 0. The Balaban J connectivity index is 1.95. The Hall–Kier alpha value is -3.38. The lowest BCUT2D eigenvalue weighted by atomic mass is 9.99. The molecular weight excluding hydrogens is 392 g/mol. The van der Waals surface area contributed by atoms with Gasteiger partial charge in [-0.3, -0.25) is 19.5 Å². The van der Waals surface area contributed by atoms with Crippen molar-refractivity contribution in [2.24, 2.45) is 0 Å². The highest BCUT2D eigenvalue weighted by molar-refractivity contribution is 6.51. The lowest BCUT2D eigenvalue weighted by molar-refractivity contribution is -0.132. The Bertz CT molecular complexity index is 1150. The van der Waals surface area contributed by atoms with E-state index in [1.54, 1.807) is 49.4 Å². The molecule has 146 valence electrons. The summed E-state index contributed by atoms with van der Waals surface area (Å²) in [4.78, 5) is 31.1. The monoisotopic (exact) mass is 408 g/mol. The van der Waals surface area contributed by atoms with Crippen molar-refractivity contribution >= 4 is 34.7 Å². The summed E-state index contributed by atoms with van der Waals surface area (Å²) in [6.07, 6.45) is 2.99. The summed E-state index contributed by atoms with van der Waals surface area (Å²) in [5, 5.41) is 11.4. The number of carbonyl (C=O) groups is 2. The number of rotatable bonds is 3. The second-order valence-corrected chi connectivity index (χ2v) is 7.19. The van der Waals surface area contributed by atoms with Crippen molar-refractivity contribution < 1.29 is 19.1 Å². The summed E-state index contributed by atoms with van der Waals surface area (Å²) < 4.78 is 5.75. The van der Waals surface area contributed by atoms with Crippen molar-refractivity contribution in [3.8, 4) is 0 Å². The van der Waals surface area contributed by atoms with Crippen molar-refractivity contribution in [3.05, 3.63) is 88.1 Å². The molecule has 0 spiro atoms. The average molecular weight is 409 g/mol. The van der Waals surface area contributed by atoms with Crippen molar-refractivity contribution in [2.75, 3.05) is 4.90 Å². The average Bonchev–Trinajstić information content (AvgIpc) is 3.25. The number of hydrogen-bond acceptors (Lipinski definition) is 5. The first-order valence-electron chi connectivity index (χ1n) is 8.92. The summed E-state index contributed by atoms with van der Waals surface area (Å²) in [6, 6.07) is 10.7. The van der Waals surface area contributed by atoms with Gasteiger partial charge < -0.3 is 9.52 Å². The first-order chi connectivity index (χ1) is 13.9. The standard InChI is InChI=1S/C22H17ClN2O4/c1-12-3-5-15(11-16(12)23)25-19(17-6-4-13(2)29-17)18(21(27)22(25)28)20(26)14-7-9-24-10-8-14/h3-11,19,26H,1-2H3/b20-18-. The molecule has 4 rings (SSSR count). The smallest absolute Gasteiger partial charge is 0.300 e. The minimum absolute atomic E-state index is 0.0488. The number of carbonyl (C=O) groups excluding carboxylic acids is 2. The fraction of sp³-hybridized carbons (Fsp3) is 0.136. The number of aliphatic hydroxyl groups is 1. The van der Waals surface area contributed by atoms with E-state index < -0.39 is 17.7 Å². The van der Waals surface area contributed by atoms with Crippen LogP contribution in [0.3, 0.4) is 0 Å². The van der Waals surface area contributed by atoms with Crippen LogP contribution in [0.4, 0.5) is 5.69 Å². The van der Waals surface area contributed by atoms with E-state index in [4.69, 9.17) is 16.0 Å². The highest BCUT2D eigenvalue weighted by atomic mass is 35.5. The SMILES string of the molecule is Cc1ccc(C2/C(=C(/O)c3ccncc3)C(=O)C(=O)N2c2ccc(C)c(Cl)c2)o1. The van der Waals surface area contributed by atoms with Crippen molar-refractivity contribution in [3.63, 3.8) is 0 Å². The number of anilines is 1. The summed E-state index contributed by atoms with van der Waals surface area (Å²) in [5.74, 6) is -0.856. The summed E-state index contributed by atoms with van der Waals surface area (Å²) in [5.41, 5.74) is 1.62. The Morgan fingerprint density at radius 3 is 2.45 bits per heavy atom. The molecule has 1 aromatic carbocycles. The Labute approximate surface area is 172 Å². The topological polar surface area (TPSA) is 83.6 Å². The molecule has 29 heavy (non-hydrogen) atoms. The van der Waals surface area contributed by atoms with Crippen LogP contribution < -0.4 is 4.90 Å². The van der Waals surface area contributed by atoms with E-state index in [0.717, 1.165) is 5.56 Å². The second kappa shape index (κ2) is 7.22. The predicted molar refractivity (Wildman–Crippen MR) is 109 cm³/mol. The predicted octanol–water partition coefficient (Wildman–Crippen LogP) is 4.57. The fourth-order valence-electron chi connectivity index (χ4n) is 3.37. The van der Waals surface area contributed by atoms with Crippen LogP contribution >= 0.6 is 11.6 Å².